The van der Waals surface area contributed by atoms with E-state index in [9.17, 15) is 28.1 Å². The van der Waals surface area contributed by atoms with Gasteiger partial charge >= 0.3 is 5.97 Å². The second-order valence-electron chi connectivity index (χ2n) is 8.25. The van der Waals surface area contributed by atoms with E-state index in [2.05, 4.69) is 5.32 Å². The number of rotatable bonds is 10. The summed E-state index contributed by atoms with van der Waals surface area (Å²) in [5, 5.41) is 13.5. The van der Waals surface area contributed by atoms with Gasteiger partial charge in [0.15, 0.2) is 0 Å². The Morgan fingerprint density at radius 2 is 1.68 bits per heavy atom. The topological polar surface area (TPSA) is 136 Å². The Labute approximate surface area is 199 Å². The molecule has 0 fully saturated rings. The lowest BCUT2D eigenvalue weighted by Crippen LogP contribution is -2.58. The molecule has 0 radical (unpaired) electrons. The van der Waals surface area contributed by atoms with E-state index < -0.39 is 38.4 Å². The average molecular weight is 492 g/mol. The fraction of sp³-hybridized carbons (Fsp3) is 0.391. The van der Waals surface area contributed by atoms with Crippen LogP contribution in [0.15, 0.2) is 53.4 Å². The highest BCUT2D eigenvalue weighted by molar-refractivity contribution is 7.89. The van der Waals surface area contributed by atoms with Crippen LogP contribution in [0.1, 0.15) is 31.9 Å². The Kier molecular flexibility index (Phi) is 8.51. The van der Waals surface area contributed by atoms with Crippen LogP contribution in [0.5, 0.6) is 0 Å². The lowest BCUT2D eigenvalue weighted by Gasteiger charge is -2.34. The fourth-order valence-electron chi connectivity index (χ4n) is 3.07. The Balaban J connectivity index is 2.27. The third kappa shape index (κ3) is 6.17. The highest BCUT2D eigenvalue weighted by Crippen LogP contribution is 2.24. The van der Waals surface area contributed by atoms with Crippen LogP contribution in [-0.2, 0) is 30.8 Å². The van der Waals surface area contributed by atoms with Crippen molar-refractivity contribution in [2.75, 3.05) is 13.7 Å². The third-order valence-corrected chi connectivity index (χ3v) is 7.53. The lowest BCUT2D eigenvalue weighted by molar-refractivity contribution is -0.384. The van der Waals surface area contributed by atoms with Crippen molar-refractivity contribution in [2.24, 2.45) is 0 Å². The highest BCUT2D eigenvalue weighted by Gasteiger charge is 2.41. The van der Waals surface area contributed by atoms with Crippen LogP contribution in [0, 0.1) is 17.0 Å². The predicted octanol–water partition coefficient (Wildman–Crippen LogP) is 2.59. The molecule has 11 heteroatoms. The van der Waals surface area contributed by atoms with E-state index in [0.29, 0.717) is 5.56 Å². The number of esters is 1. The van der Waals surface area contributed by atoms with Gasteiger partial charge in [-0.15, -0.1) is 0 Å². The van der Waals surface area contributed by atoms with Crippen molar-refractivity contribution in [1.29, 1.82) is 0 Å². The number of hydrogen-bond acceptors (Lipinski definition) is 7. The number of ether oxygens (including phenoxy) is 1. The molecule has 2 rings (SSSR count). The van der Waals surface area contributed by atoms with Gasteiger partial charge in [0.25, 0.3) is 5.69 Å². The molecule has 1 amide bonds. The van der Waals surface area contributed by atoms with Crippen molar-refractivity contribution >= 4 is 27.6 Å². The number of nitrogens with zero attached hydrogens (tertiary/aromatic N) is 2. The summed E-state index contributed by atoms with van der Waals surface area (Å²) in [6, 6.07) is 10.7. The maximum absolute atomic E-state index is 13.2. The van der Waals surface area contributed by atoms with E-state index in [0.717, 1.165) is 9.87 Å². The minimum Gasteiger partial charge on any atom is -0.464 e. The number of amides is 1. The minimum absolute atomic E-state index is 0.00702. The number of non-ortho nitro benzene ring substituents is 1. The van der Waals surface area contributed by atoms with Crippen LogP contribution in [0.25, 0.3) is 0 Å². The smallest absolute Gasteiger partial charge is 0.328 e. The fourth-order valence-corrected chi connectivity index (χ4v) is 4.55. The predicted molar refractivity (Wildman–Crippen MR) is 126 cm³/mol. The molecule has 0 saturated carbocycles. The van der Waals surface area contributed by atoms with Crippen molar-refractivity contribution in [3.8, 4) is 0 Å². The van der Waals surface area contributed by atoms with Crippen molar-refractivity contribution in [3.05, 3.63) is 69.8 Å². The Bertz CT molecular complexity index is 1140. The zero-order chi connectivity index (χ0) is 25.7. The maximum atomic E-state index is 13.2. The molecular formula is C23H29N3O7S. The summed E-state index contributed by atoms with van der Waals surface area (Å²) in [6.07, 6.45) is 0.00702. The van der Waals surface area contributed by atoms with Gasteiger partial charge in [-0.25, -0.2) is 13.2 Å². The number of sulfonamides is 1. The number of aryl methyl sites for hydroxylation is 1. The second kappa shape index (κ2) is 10.7. The number of nitrogens with one attached hydrogen (secondary N) is 1. The quantitative estimate of drug-likeness (QED) is 0.306. The summed E-state index contributed by atoms with van der Waals surface area (Å²) >= 11 is 0. The molecule has 0 spiro atoms. The van der Waals surface area contributed by atoms with Crippen molar-refractivity contribution in [3.63, 3.8) is 0 Å². The first-order valence-corrected chi connectivity index (χ1v) is 12.0. The number of nitro benzene ring substituents is 1. The molecule has 2 aromatic carbocycles. The third-order valence-electron chi connectivity index (χ3n) is 5.49. The van der Waals surface area contributed by atoms with Crippen molar-refractivity contribution < 1.29 is 27.7 Å². The summed E-state index contributed by atoms with van der Waals surface area (Å²) in [5.41, 5.74) is -0.210. The van der Waals surface area contributed by atoms with Gasteiger partial charge in [-0.1, -0.05) is 29.8 Å². The molecule has 0 aromatic heterocycles. The molecule has 1 N–H and O–H groups in total. The van der Waals surface area contributed by atoms with E-state index >= 15 is 0 Å². The van der Waals surface area contributed by atoms with Crippen molar-refractivity contribution in [1.82, 2.24) is 9.62 Å². The van der Waals surface area contributed by atoms with Gasteiger partial charge in [0, 0.05) is 25.6 Å². The molecular weight excluding hydrogens is 462 g/mol. The first kappa shape index (κ1) is 26.9. The Morgan fingerprint density at radius 3 is 2.18 bits per heavy atom. The van der Waals surface area contributed by atoms with Crippen LogP contribution in [-0.4, -0.2) is 54.8 Å². The molecule has 34 heavy (non-hydrogen) atoms. The molecule has 2 aromatic rings. The molecule has 0 aliphatic carbocycles. The summed E-state index contributed by atoms with van der Waals surface area (Å²) in [6.45, 7) is 6.40. The van der Waals surface area contributed by atoms with Gasteiger partial charge in [0.2, 0.25) is 15.9 Å². The molecule has 0 saturated heterocycles. The SMILES string of the molecule is CCOC(=O)[C@H](Cc1ccc([N+](=O)[O-])cc1)NC(=O)C(C)(C)N(C)S(=O)(=O)c1ccc(C)cc1. The van der Waals surface area contributed by atoms with E-state index in [-0.39, 0.29) is 23.6 Å². The van der Waals surface area contributed by atoms with Gasteiger partial charge in [0.05, 0.1) is 16.4 Å². The number of carbonyl (C=O) groups is 2. The van der Waals surface area contributed by atoms with Crippen LogP contribution in [0.4, 0.5) is 5.69 Å². The molecule has 0 unspecified atom stereocenters. The Hall–Kier alpha value is -3.31. The molecule has 1 atom stereocenters. The number of benzene rings is 2. The summed E-state index contributed by atoms with van der Waals surface area (Å²) in [4.78, 5) is 36.1. The van der Waals surface area contributed by atoms with Crippen LogP contribution in [0.3, 0.4) is 0 Å². The summed E-state index contributed by atoms with van der Waals surface area (Å²) in [5.74, 6) is -1.40. The molecule has 0 aliphatic heterocycles. The average Bonchev–Trinajstić information content (AvgIpc) is 2.78. The lowest BCUT2D eigenvalue weighted by atomic mass is 10.0. The van der Waals surface area contributed by atoms with E-state index in [4.69, 9.17) is 4.74 Å². The molecule has 0 aliphatic rings. The molecule has 0 bridgehead atoms. The maximum Gasteiger partial charge on any atom is 0.328 e. The number of nitro groups is 1. The highest BCUT2D eigenvalue weighted by atomic mass is 32.2. The van der Waals surface area contributed by atoms with Crippen LogP contribution >= 0.6 is 0 Å². The zero-order valence-corrected chi connectivity index (χ0v) is 20.6. The minimum atomic E-state index is -4.00. The molecule has 10 nitrogen and oxygen atoms in total. The van der Waals surface area contributed by atoms with E-state index in [1.807, 2.05) is 6.92 Å². The van der Waals surface area contributed by atoms with Gasteiger partial charge < -0.3 is 10.1 Å². The second-order valence-corrected chi connectivity index (χ2v) is 10.2. The number of hydrogen-bond donors (Lipinski definition) is 1. The normalized spacial score (nSPS) is 12.8. The monoisotopic (exact) mass is 491 g/mol. The van der Waals surface area contributed by atoms with Gasteiger partial charge in [0.1, 0.15) is 11.6 Å². The van der Waals surface area contributed by atoms with E-state index in [1.54, 1.807) is 19.1 Å². The van der Waals surface area contributed by atoms with E-state index in [1.165, 1.54) is 57.3 Å². The largest absolute Gasteiger partial charge is 0.464 e. The zero-order valence-electron chi connectivity index (χ0n) is 19.8. The first-order chi connectivity index (χ1) is 15.8. The summed E-state index contributed by atoms with van der Waals surface area (Å²) < 4.78 is 32.2. The number of carbonyl (C=O) groups excluding carboxylic acids is 2. The number of likely N-dealkylation sites (N-methyl/N-ethyl adjacent to an activating group) is 1. The van der Waals surface area contributed by atoms with Crippen molar-refractivity contribution in [2.45, 2.75) is 50.6 Å². The molecule has 0 heterocycles. The first-order valence-electron chi connectivity index (χ1n) is 10.6. The van der Waals surface area contributed by atoms with Crippen LogP contribution < -0.4 is 5.32 Å². The van der Waals surface area contributed by atoms with Gasteiger partial charge in [-0.3, -0.25) is 14.9 Å². The van der Waals surface area contributed by atoms with Crippen LogP contribution in [0.2, 0.25) is 0 Å². The van der Waals surface area contributed by atoms with Gasteiger partial charge in [-0.2, -0.15) is 4.31 Å². The Morgan fingerprint density at radius 1 is 1.12 bits per heavy atom. The van der Waals surface area contributed by atoms with Gasteiger partial charge in [-0.05, 0) is 45.4 Å². The summed E-state index contributed by atoms with van der Waals surface area (Å²) in [7, 11) is -2.71. The standard InChI is InChI=1S/C23H29N3O7S/c1-6-33-21(27)20(15-17-9-11-18(12-10-17)26(29)30)24-22(28)23(3,4)25(5)34(31,32)19-13-7-16(2)8-14-19/h7-14,20H,6,15H2,1-5H3,(H,24,28)/t20-/m0/s1. The molecule has 184 valence electrons.